The lowest BCUT2D eigenvalue weighted by Crippen LogP contribution is -2.51. The third-order valence-electron chi connectivity index (χ3n) is 7.85. The molecule has 1 amide bonds. The lowest BCUT2D eigenvalue weighted by Gasteiger charge is -2.37. The van der Waals surface area contributed by atoms with E-state index in [1.807, 2.05) is 31.2 Å². The van der Waals surface area contributed by atoms with Crippen molar-refractivity contribution >= 4 is 5.91 Å². The summed E-state index contributed by atoms with van der Waals surface area (Å²) in [5.74, 6) is 0.233. The number of carbonyl (C=O) groups excluding carboxylic acids is 1. The molecule has 6 nitrogen and oxygen atoms in total. The molecule has 0 aliphatic carbocycles. The summed E-state index contributed by atoms with van der Waals surface area (Å²) in [4.78, 5) is 23.6. The van der Waals surface area contributed by atoms with Gasteiger partial charge in [0.05, 0.1) is 41.3 Å². The molecule has 2 unspecified atom stereocenters. The predicted molar refractivity (Wildman–Crippen MR) is 153 cm³/mol. The maximum absolute atomic E-state index is 13.8. The van der Waals surface area contributed by atoms with Crippen LogP contribution >= 0.6 is 0 Å². The van der Waals surface area contributed by atoms with Gasteiger partial charge in [0, 0.05) is 25.4 Å². The van der Waals surface area contributed by atoms with Crippen LogP contribution in [0.1, 0.15) is 53.6 Å². The largest absolute Gasteiger partial charge is 0.347 e. The van der Waals surface area contributed by atoms with Gasteiger partial charge >= 0.3 is 0 Å². The summed E-state index contributed by atoms with van der Waals surface area (Å²) in [5, 5.41) is 12.5. The van der Waals surface area contributed by atoms with Crippen LogP contribution in [0.2, 0.25) is 0 Å². The average molecular weight is 518 g/mol. The van der Waals surface area contributed by atoms with E-state index in [2.05, 4.69) is 86.9 Å². The van der Waals surface area contributed by atoms with Crippen LogP contribution in [0.4, 0.5) is 0 Å². The highest BCUT2D eigenvalue weighted by Gasteiger charge is 2.35. The van der Waals surface area contributed by atoms with E-state index < -0.39 is 5.54 Å². The summed E-state index contributed by atoms with van der Waals surface area (Å²) in [6.07, 6.45) is 5.88. The van der Waals surface area contributed by atoms with Crippen molar-refractivity contribution in [1.29, 1.82) is 5.26 Å². The van der Waals surface area contributed by atoms with E-state index in [1.54, 1.807) is 12.5 Å². The van der Waals surface area contributed by atoms with Crippen molar-refractivity contribution in [3.63, 3.8) is 0 Å². The highest BCUT2D eigenvalue weighted by molar-refractivity contribution is 5.80. The Hall–Kier alpha value is -4.21. The number of hydrogen-bond donors (Lipinski definition) is 2. The Labute approximate surface area is 230 Å². The molecule has 4 aromatic rings. The molecule has 198 valence electrons. The van der Waals surface area contributed by atoms with Gasteiger partial charge in [0.2, 0.25) is 5.91 Å². The van der Waals surface area contributed by atoms with Crippen molar-refractivity contribution in [2.75, 3.05) is 19.6 Å². The van der Waals surface area contributed by atoms with Crippen LogP contribution in [0.15, 0.2) is 97.5 Å². The summed E-state index contributed by atoms with van der Waals surface area (Å²) in [5.41, 5.74) is 4.47. The minimum absolute atomic E-state index is 0.0708. The second-order valence-corrected chi connectivity index (χ2v) is 10.7. The number of H-pyrrole nitrogens is 1. The molecule has 0 bridgehead atoms. The van der Waals surface area contributed by atoms with Crippen molar-refractivity contribution in [2.24, 2.45) is 5.92 Å². The Bertz CT molecular complexity index is 1340. The van der Waals surface area contributed by atoms with E-state index in [4.69, 9.17) is 5.26 Å². The molecule has 3 aromatic carbocycles. The van der Waals surface area contributed by atoms with E-state index in [9.17, 15) is 4.79 Å². The maximum atomic E-state index is 13.8. The molecule has 1 aromatic heterocycles. The van der Waals surface area contributed by atoms with E-state index in [1.165, 1.54) is 11.1 Å². The van der Waals surface area contributed by atoms with Crippen LogP contribution in [0.3, 0.4) is 0 Å². The fraction of sp³-hybridized carbons (Fsp3) is 0.303. The van der Waals surface area contributed by atoms with Gasteiger partial charge in [-0.05, 0) is 55.1 Å². The monoisotopic (exact) mass is 517 g/mol. The first-order chi connectivity index (χ1) is 19.0. The molecule has 39 heavy (non-hydrogen) atoms. The first kappa shape index (κ1) is 26.4. The van der Waals surface area contributed by atoms with Crippen molar-refractivity contribution in [1.82, 2.24) is 20.2 Å². The van der Waals surface area contributed by atoms with Crippen molar-refractivity contribution in [3.05, 3.63) is 125 Å². The molecule has 6 heteroatoms. The van der Waals surface area contributed by atoms with Crippen molar-refractivity contribution < 1.29 is 4.79 Å². The van der Waals surface area contributed by atoms with Crippen LogP contribution in [-0.2, 0) is 16.8 Å². The van der Waals surface area contributed by atoms with Crippen molar-refractivity contribution in [3.8, 4) is 6.07 Å². The molecule has 5 rings (SSSR count). The van der Waals surface area contributed by atoms with E-state index in [-0.39, 0.29) is 17.7 Å². The Morgan fingerprint density at radius 3 is 2.33 bits per heavy atom. The van der Waals surface area contributed by atoms with Crippen LogP contribution in [0.5, 0.6) is 0 Å². The van der Waals surface area contributed by atoms with E-state index >= 15 is 0 Å². The number of piperidine rings is 1. The average Bonchev–Trinajstić information content (AvgIpc) is 3.54. The molecule has 1 aliphatic heterocycles. The fourth-order valence-corrected chi connectivity index (χ4v) is 5.71. The van der Waals surface area contributed by atoms with Gasteiger partial charge in [0.15, 0.2) is 0 Å². The molecule has 0 radical (unpaired) electrons. The maximum Gasteiger partial charge on any atom is 0.225 e. The molecular formula is C33H35N5O. The molecule has 1 saturated heterocycles. The Morgan fingerprint density at radius 1 is 1.08 bits per heavy atom. The SMILES string of the molecule is CC(Cc1ccc(C#N)cc1)(NC(=O)C1CCCN(CC(c2ccccc2)c2ccccc2)C1)c1cnc[nH]1. The first-order valence-corrected chi connectivity index (χ1v) is 13.7. The topological polar surface area (TPSA) is 84.8 Å². The van der Waals surface area contributed by atoms with Gasteiger partial charge in [-0.1, -0.05) is 72.8 Å². The van der Waals surface area contributed by atoms with Crippen LogP contribution in [0.25, 0.3) is 0 Å². The lowest BCUT2D eigenvalue weighted by atomic mass is 9.87. The molecule has 1 fully saturated rings. The summed E-state index contributed by atoms with van der Waals surface area (Å²) < 4.78 is 0. The predicted octanol–water partition coefficient (Wildman–Crippen LogP) is 5.40. The third-order valence-corrected chi connectivity index (χ3v) is 7.85. The lowest BCUT2D eigenvalue weighted by molar-refractivity contribution is -0.128. The Morgan fingerprint density at radius 2 is 1.74 bits per heavy atom. The fourth-order valence-electron chi connectivity index (χ4n) is 5.71. The molecule has 1 aliphatic rings. The van der Waals surface area contributed by atoms with E-state index in [0.29, 0.717) is 12.0 Å². The number of nitriles is 1. The Kier molecular flexibility index (Phi) is 8.19. The van der Waals surface area contributed by atoms with Gasteiger partial charge in [-0.3, -0.25) is 4.79 Å². The summed E-state index contributed by atoms with van der Waals surface area (Å²) in [7, 11) is 0. The standard InChI is InChI=1S/C33H35N5O/c1-33(31-21-35-24-36-31,19-25-14-16-26(20-34)17-15-25)37-32(39)29-13-8-18-38(22-29)23-30(27-9-4-2-5-10-27)28-11-6-3-7-12-28/h2-7,9-12,14-17,21,24,29-30H,8,13,18-19,22-23H2,1H3,(H,35,36)(H,37,39). The van der Waals surface area contributed by atoms with Gasteiger partial charge in [0.1, 0.15) is 0 Å². The molecule has 2 heterocycles. The number of rotatable bonds is 9. The number of hydrogen-bond acceptors (Lipinski definition) is 4. The highest BCUT2D eigenvalue weighted by Crippen LogP contribution is 2.29. The van der Waals surface area contributed by atoms with Gasteiger partial charge in [-0.15, -0.1) is 0 Å². The number of aromatic amines is 1. The molecule has 0 spiro atoms. The number of benzene rings is 3. The van der Waals surface area contributed by atoms with Gasteiger partial charge in [0.25, 0.3) is 0 Å². The Balaban J connectivity index is 1.31. The molecule has 0 saturated carbocycles. The zero-order chi connectivity index (χ0) is 27.1. The van der Waals surface area contributed by atoms with Crippen molar-refractivity contribution in [2.45, 2.75) is 37.6 Å². The zero-order valence-corrected chi connectivity index (χ0v) is 22.4. The summed E-state index contributed by atoms with van der Waals surface area (Å²) in [6, 6.07) is 31.0. The highest BCUT2D eigenvalue weighted by atomic mass is 16.2. The number of amides is 1. The number of carbonyl (C=O) groups is 1. The quantitative estimate of drug-likeness (QED) is 0.311. The molecular weight excluding hydrogens is 482 g/mol. The van der Waals surface area contributed by atoms with Crippen LogP contribution in [0, 0.1) is 17.2 Å². The minimum Gasteiger partial charge on any atom is -0.347 e. The van der Waals surface area contributed by atoms with Crippen LogP contribution < -0.4 is 5.32 Å². The summed E-state index contributed by atoms with van der Waals surface area (Å²) in [6.45, 7) is 4.64. The number of aromatic nitrogens is 2. The second-order valence-electron chi connectivity index (χ2n) is 10.7. The number of nitrogens with one attached hydrogen (secondary N) is 2. The second kappa shape index (κ2) is 12.1. The van der Waals surface area contributed by atoms with Crippen LogP contribution in [-0.4, -0.2) is 40.4 Å². The number of likely N-dealkylation sites (tertiary alicyclic amines) is 1. The molecule has 2 N–H and O–H groups in total. The number of imidazole rings is 1. The minimum atomic E-state index is -0.652. The van der Waals surface area contributed by atoms with Gasteiger partial charge in [-0.2, -0.15) is 5.26 Å². The van der Waals surface area contributed by atoms with Gasteiger partial charge in [-0.25, -0.2) is 4.98 Å². The van der Waals surface area contributed by atoms with Gasteiger partial charge < -0.3 is 15.2 Å². The normalized spacial score (nSPS) is 17.3. The zero-order valence-electron chi connectivity index (χ0n) is 22.4. The molecule has 2 atom stereocenters. The van der Waals surface area contributed by atoms with E-state index in [0.717, 1.165) is 43.7 Å². The number of nitrogens with zero attached hydrogens (tertiary/aromatic N) is 3. The summed E-state index contributed by atoms with van der Waals surface area (Å²) >= 11 is 0. The third kappa shape index (κ3) is 6.45. The smallest absolute Gasteiger partial charge is 0.225 e. The first-order valence-electron chi connectivity index (χ1n) is 13.7.